The van der Waals surface area contributed by atoms with Gasteiger partial charge in [0.2, 0.25) is 0 Å². The van der Waals surface area contributed by atoms with Gasteiger partial charge in [0.25, 0.3) is 0 Å². The summed E-state index contributed by atoms with van der Waals surface area (Å²) in [5.41, 5.74) is 0.649. The van der Waals surface area contributed by atoms with Gasteiger partial charge in [-0.3, -0.25) is 0 Å². The van der Waals surface area contributed by atoms with E-state index in [-0.39, 0.29) is 24.3 Å². The van der Waals surface area contributed by atoms with Crippen LogP contribution in [0, 0.1) is 5.82 Å². The first kappa shape index (κ1) is 13.4. The second kappa shape index (κ2) is 6.84. The summed E-state index contributed by atoms with van der Waals surface area (Å²) in [6.07, 6.45) is 2.33. The van der Waals surface area contributed by atoms with Crippen LogP contribution in [0.5, 0.6) is 0 Å². The fourth-order valence-electron chi connectivity index (χ4n) is 1.79. The summed E-state index contributed by atoms with van der Waals surface area (Å²) in [5.74, 6) is -0.175. The predicted molar refractivity (Wildman–Crippen MR) is 64.3 cm³/mol. The molecule has 1 fully saturated rings. The van der Waals surface area contributed by atoms with Crippen LogP contribution < -0.4 is 5.32 Å². The lowest BCUT2D eigenvalue weighted by Crippen LogP contribution is -2.32. The SMILES string of the molecule is Cl.Fc1ccccc1COC1CCNCC1. The van der Waals surface area contributed by atoms with Crippen molar-refractivity contribution in [3.63, 3.8) is 0 Å². The Hall–Kier alpha value is -0.640. The Morgan fingerprint density at radius 3 is 2.62 bits per heavy atom. The number of piperidine rings is 1. The molecule has 0 aromatic heterocycles. The van der Waals surface area contributed by atoms with Crippen LogP contribution in [0.2, 0.25) is 0 Å². The Kier molecular flexibility index (Phi) is 5.74. The fraction of sp³-hybridized carbons (Fsp3) is 0.500. The molecule has 1 N–H and O–H groups in total. The Bertz CT molecular complexity index is 316. The van der Waals surface area contributed by atoms with E-state index in [1.165, 1.54) is 6.07 Å². The average molecular weight is 246 g/mol. The Morgan fingerprint density at radius 2 is 1.94 bits per heavy atom. The van der Waals surface area contributed by atoms with Crippen molar-refractivity contribution in [3.05, 3.63) is 35.6 Å². The smallest absolute Gasteiger partial charge is 0.128 e. The van der Waals surface area contributed by atoms with Crippen molar-refractivity contribution >= 4 is 12.4 Å². The lowest BCUT2D eigenvalue weighted by molar-refractivity contribution is 0.0199. The highest BCUT2D eigenvalue weighted by molar-refractivity contribution is 5.85. The highest BCUT2D eigenvalue weighted by Gasteiger charge is 2.13. The van der Waals surface area contributed by atoms with Crippen LogP contribution in [0.25, 0.3) is 0 Å². The van der Waals surface area contributed by atoms with Gasteiger partial charge in [0.1, 0.15) is 5.82 Å². The lowest BCUT2D eigenvalue weighted by Gasteiger charge is -2.23. The van der Waals surface area contributed by atoms with Crippen molar-refractivity contribution in [1.82, 2.24) is 5.32 Å². The summed E-state index contributed by atoms with van der Waals surface area (Å²) in [6.45, 7) is 2.39. The largest absolute Gasteiger partial charge is 0.373 e. The maximum Gasteiger partial charge on any atom is 0.128 e. The third-order valence-electron chi connectivity index (χ3n) is 2.72. The molecule has 1 aliphatic heterocycles. The minimum absolute atomic E-state index is 0. The zero-order valence-electron chi connectivity index (χ0n) is 9.12. The number of hydrogen-bond acceptors (Lipinski definition) is 2. The molecule has 4 heteroatoms. The van der Waals surface area contributed by atoms with E-state index >= 15 is 0 Å². The van der Waals surface area contributed by atoms with Crippen molar-refractivity contribution in [2.24, 2.45) is 0 Å². The van der Waals surface area contributed by atoms with Gasteiger partial charge < -0.3 is 10.1 Å². The molecule has 1 aromatic rings. The lowest BCUT2D eigenvalue weighted by atomic mass is 10.1. The van der Waals surface area contributed by atoms with E-state index < -0.39 is 0 Å². The van der Waals surface area contributed by atoms with Crippen LogP contribution in [-0.4, -0.2) is 19.2 Å². The van der Waals surface area contributed by atoms with Crippen LogP contribution in [-0.2, 0) is 11.3 Å². The number of nitrogens with one attached hydrogen (secondary N) is 1. The van der Waals surface area contributed by atoms with Crippen LogP contribution in [0.4, 0.5) is 4.39 Å². The molecule has 1 saturated heterocycles. The molecule has 0 saturated carbocycles. The summed E-state index contributed by atoms with van der Waals surface area (Å²) in [7, 11) is 0. The number of ether oxygens (including phenoxy) is 1. The van der Waals surface area contributed by atoms with E-state index in [9.17, 15) is 4.39 Å². The average Bonchev–Trinajstić information content (AvgIpc) is 2.29. The molecule has 90 valence electrons. The molecule has 0 atom stereocenters. The topological polar surface area (TPSA) is 21.3 Å². The highest BCUT2D eigenvalue weighted by atomic mass is 35.5. The van der Waals surface area contributed by atoms with Gasteiger partial charge in [-0.1, -0.05) is 18.2 Å². The molecule has 0 aliphatic carbocycles. The van der Waals surface area contributed by atoms with Gasteiger partial charge in [-0.2, -0.15) is 0 Å². The minimum Gasteiger partial charge on any atom is -0.373 e. The van der Waals surface area contributed by atoms with Crippen LogP contribution in [0.15, 0.2) is 24.3 Å². The van der Waals surface area contributed by atoms with Crippen LogP contribution in [0.3, 0.4) is 0 Å². The van der Waals surface area contributed by atoms with Gasteiger partial charge in [0.15, 0.2) is 0 Å². The van der Waals surface area contributed by atoms with Crippen molar-refractivity contribution in [2.75, 3.05) is 13.1 Å². The molecule has 1 aliphatic rings. The minimum atomic E-state index is -0.175. The van der Waals surface area contributed by atoms with Crippen molar-refractivity contribution in [3.8, 4) is 0 Å². The molecule has 0 bridgehead atoms. The molecule has 0 amide bonds. The summed E-state index contributed by atoms with van der Waals surface area (Å²) in [5, 5.41) is 3.27. The van der Waals surface area contributed by atoms with Crippen LogP contribution in [0.1, 0.15) is 18.4 Å². The molecule has 0 spiro atoms. The van der Waals surface area contributed by atoms with Gasteiger partial charge in [-0.25, -0.2) is 4.39 Å². The monoisotopic (exact) mass is 245 g/mol. The van der Waals surface area contributed by atoms with Gasteiger partial charge in [0.05, 0.1) is 12.7 Å². The number of hydrogen-bond donors (Lipinski definition) is 1. The third-order valence-corrected chi connectivity index (χ3v) is 2.72. The van der Waals surface area contributed by atoms with Gasteiger partial charge in [0, 0.05) is 5.56 Å². The first-order valence-electron chi connectivity index (χ1n) is 5.42. The van der Waals surface area contributed by atoms with Gasteiger partial charge in [-0.05, 0) is 32.0 Å². The van der Waals surface area contributed by atoms with E-state index in [2.05, 4.69) is 5.32 Å². The molecule has 0 radical (unpaired) electrons. The van der Waals surface area contributed by atoms with Crippen molar-refractivity contribution in [2.45, 2.75) is 25.6 Å². The standard InChI is InChI=1S/C12H16FNO.ClH/c13-12-4-2-1-3-10(12)9-15-11-5-7-14-8-6-11;/h1-4,11,14H,5-9H2;1H. The number of benzene rings is 1. The zero-order chi connectivity index (χ0) is 10.5. The first-order valence-corrected chi connectivity index (χ1v) is 5.42. The van der Waals surface area contributed by atoms with Crippen molar-refractivity contribution in [1.29, 1.82) is 0 Å². The summed E-state index contributed by atoms with van der Waals surface area (Å²) < 4.78 is 18.9. The van der Waals surface area contributed by atoms with E-state index in [0.717, 1.165) is 25.9 Å². The Morgan fingerprint density at radius 1 is 1.25 bits per heavy atom. The highest BCUT2D eigenvalue weighted by Crippen LogP contribution is 2.13. The summed E-state index contributed by atoms with van der Waals surface area (Å²) in [4.78, 5) is 0. The zero-order valence-corrected chi connectivity index (χ0v) is 9.93. The molecule has 0 unspecified atom stereocenters. The maximum absolute atomic E-state index is 13.3. The molecular formula is C12H17ClFNO. The molecule has 1 heterocycles. The molecule has 1 aromatic carbocycles. The quantitative estimate of drug-likeness (QED) is 0.884. The second-order valence-electron chi connectivity index (χ2n) is 3.85. The van der Waals surface area contributed by atoms with Crippen LogP contribution >= 0.6 is 12.4 Å². The van der Waals surface area contributed by atoms with Crippen molar-refractivity contribution < 1.29 is 9.13 Å². The summed E-state index contributed by atoms with van der Waals surface area (Å²) >= 11 is 0. The van der Waals surface area contributed by atoms with E-state index in [1.807, 2.05) is 6.07 Å². The van der Waals surface area contributed by atoms with E-state index in [4.69, 9.17) is 4.74 Å². The normalized spacial score (nSPS) is 16.8. The third kappa shape index (κ3) is 3.74. The molecule has 2 rings (SSSR count). The Labute approximate surface area is 102 Å². The fourth-order valence-corrected chi connectivity index (χ4v) is 1.79. The van der Waals surface area contributed by atoms with E-state index in [0.29, 0.717) is 12.2 Å². The maximum atomic E-state index is 13.3. The van der Waals surface area contributed by atoms with Gasteiger partial charge >= 0.3 is 0 Å². The van der Waals surface area contributed by atoms with Gasteiger partial charge in [-0.15, -0.1) is 12.4 Å². The number of rotatable bonds is 3. The molecule has 16 heavy (non-hydrogen) atoms. The summed E-state index contributed by atoms with van der Waals surface area (Å²) in [6, 6.07) is 6.78. The Balaban J connectivity index is 0.00000128. The van der Waals surface area contributed by atoms with E-state index in [1.54, 1.807) is 12.1 Å². The molecular weight excluding hydrogens is 229 g/mol. The first-order chi connectivity index (χ1) is 7.36. The predicted octanol–water partition coefficient (Wildman–Crippen LogP) is 2.52. The molecule has 2 nitrogen and oxygen atoms in total. The number of halogens is 2. The second-order valence-corrected chi connectivity index (χ2v) is 3.85.